The number of nitrogens with one attached hydrogen (secondary N) is 1. The number of quaternary nitrogens is 1. The van der Waals surface area contributed by atoms with Crippen LogP contribution in [0.2, 0.25) is 0 Å². The van der Waals surface area contributed by atoms with Crippen molar-refractivity contribution < 1.29 is 22.8 Å². The highest BCUT2D eigenvalue weighted by Gasteiger charge is 2.32. The van der Waals surface area contributed by atoms with Gasteiger partial charge in [-0.1, -0.05) is 6.07 Å². The fraction of sp³-hybridized carbons (Fsp3) is 0.643. The van der Waals surface area contributed by atoms with E-state index < -0.39 is 15.6 Å². The number of sulfonamides is 1. The average molecular weight is 347 g/mol. The molecule has 0 spiro atoms. The minimum Gasteiger partial charge on any atom is -0.456 e. The average Bonchev–Trinajstić information content (AvgIpc) is 2.91. The molecule has 6 nitrogen and oxygen atoms in total. The van der Waals surface area contributed by atoms with Crippen LogP contribution in [0.1, 0.15) is 20.8 Å². The summed E-state index contributed by atoms with van der Waals surface area (Å²) < 4.78 is 32.0. The number of hydrogen-bond donors (Lipinski definition) is 1. The summed E-state index contributed by atoms with van der Waals surface area (Å²) in [5, 5.41) is 1.76. The molecule has 2 rings (SSSR count). The van der Waals surface area contributed by atoms with Gasteiger partial charge in [-0.2, -0.15) is 4.31 Å². The van der Waals surface area contributed by atoms with Crippen LogP contribution in [-0.2, 0) is 19.6 Å². The van der Waals surface area contributed by atoms with E-state index in [0.717, 1.165) is 4.90 Å². The third-order valence-electron chi connectivity index (χ3n) is 3.33. The largest absolute Gasteiger partial charge is 0.456 e. The molecule has 1 N–H and O–H groups in total. The maximum Gasteiger partial charge on any atom is 0.362 e. The Kier molecular flexibility index (Phi) is 5.26. The van der Waals surface area contributed by atoms with Crippen molar-refractivity contribution in [1.82, 2.24) is 4.31 Å². The van der Waals surface area contributed by atoms with Gasteiger partial charge in [0.25, 0.3) is 10.0 Å². The van der Waals surface area contributed by atoms with Crippen LogP contribution in [0.5, 0.6) is 0 Å². The van der Waals surface area contributed by atoms with Crippen molar-refractivity contribution in [3.8, 4) is 0 Å². The molecule has 1 fully saturated rings. The SMILES string of the molecule is CC(C)(C)OC(=O)C[NH+]1CCN(S(=O)(=O)c2cccs2)CC1. The third-order valence-corrected chi connectivity index (χ3v) is 6.60. The van der Waals surface area contributed by atoms with Gasteiger partial charge in [0.1, 0.15) is 9.81 Å². The van der Waals surface area contributed by atoms with Gasteiger partial charge in [-0.25, -0.2) is 13.2 Å². The number of carbonyl (C=O) groups excluding carboxylic acids is 1. The van der Waals surface area contributed by atoms with Crippen molar-refractivity contribution in [3.63, 3.8) is 0 Å². The highest BCUT2D eigenvalue weighted by molar-refractivity contribution is 7.91. The minimum atomic E-state index is -3.38. The molecule has 1 aliphatic rings. The zero-order valence-corrected chi connectivity index (χ0v) is 14.8. The molecule has 0 unspecified atom stereocenters. The summed E-state index contributed by atoms with van der Waals surface area (Å²) in [7, 11) is -3.38. The summed E-state index contributed by atoms with van der Waals surface area (Å²) in [6, 6.07) is 3.36. The lowest BCUT2D eigenvalue weighted by Crippen LogP contribution is -3.15. The summed E-state index contributed by atoms with van der Waals surface area (Å²) >= 11 is 1.23. The Hall–Kier alpha value is -0.960. The summed E-state index contributed by atoms with van der Waals surface area (Å²) in [6.07, 6.45) is 0. The first kappa shape index (κ1) is 17.4. The van der Waals surface area contributed by atoms with Gasteiger partial charge in [0.2, 0.25) is 0 Å². The number of carbonyl (C=O) groups is 1. The lowest BCUT2D eigenvalue weighted by molar-refractivity contribution is -0.896. The van der Waals surface area contributed by atoms with Crippen molar-refractivity contribution in [2.45, 2.75) is 30.6 Å². The Labute approximate surface area is 135 Å². The number of piperazine rings is 1. The van der Waals surface area contributed by atoms with E-state index in [1.54, 1.807) is 17.5 Å². The standard InChI is InChI=1S/C14H22N2O4S2/c1-14(2,3)20-12(17)11-15-6-8-16(9-7-15)22(18,19)13-5-4-10-21-13/h4-5,10H,6-9,11H2,1-3H3/p+1. The molecule has 1 aromatic rings. The van der Waals surface area contributed by atoms with E-state index in [1.165, 1.54) is 15.6 Å². The molecule has 0 radical (unpaired) electrons. The predicted octanol–water partition coefficient (Wildman–Crippen LogP) is -0.0210. The van der Waals surface area contributed by atoms with Crippen molar-refractivity contribution in [3.05, 3.63) is 17.5 Å². The lowest BCUT2D eigenvalue weighted by atomic mass is 10.2. The molecule has 0 aliphatic carbocycles. The topological polar surface area (TPSA) is 68.1 Å². The van der Waals surface area contributed by atoms with Crippen molar-refractivity contribution in [2.75, 3.05) is 32.7 Å². The molecule has 0 amide bonds. The fourth-order valence-corrected chi connectivity index (χ4v) is 4.92. The lowest BCUT2D eigenvalue weighted by Gasteiger charge is -2.31. The first-order valence-electron chi connectivity index (χ1n) is 7.27. The van der Waals surface area contributed by atoms with Gasteiger partial charge >= 0.3 is 5.97 Å². The Morgan fingerprint density at radius 2 is 2.00 bits per heavy atom. The molecule has 22 heavy (non-hydrogen) atoms. The molecule has 1 saturated heterocycles. The molecule has 124 valence electrons. The van der Waals surface area contributed by atoms with Gasteiger partial charge in [0.15, 0.2) is 6.54 Å². The molecule has 0 saturated carbocycles. The van der Waals surface area contributed by atoms with Crippen molar-refractivity contribution >= 4 is 27.3 Å². The highest BCUT2D eigenvalue weighted by atomic mass is 32.2. The summed E-state index contributed by atoms with van der Waals surface area (Å²) in [6.45, 7) is 7.89. The van der Waals surface area contributed by atoms with Crippen LogP contribution in [-0.4, -0.2) is 57.0 Å². The Morgan fingerprint density at radius 1 is 1.36 bits per heavy atom. The van der Waals surface area contributed by atoms with E-state index in [2.05, 4.69) is 0 Å². The molecule has 2 heterocycles. The number of thiophene rings is 1. The molecule has 0 bridgehead atoms. The van der Waals surface area contributed by atoms with Crippen LogP contribution in [0.4, 0.5) is 0 Å². The van der Waals surface area contributed by atoms with Crippen LogP contribution in [0.15, 0.2) is 21.7 Å². The first-order valence-corrected chi connectivity index (χ1v) is 9.59. The second-order valence-corrected chi connectivity index (χ2v) is 9.46. The van der Waals surface area contributed by atoms with E-state index in [-0.39, 0.29) is 12.5 Å². The van der Waals surface area contributed by atoms with E-state index in [1.807, 2.05) is 20.8 Å². The number of nitrogens with zero attached hydrogens (tertiary/aromatic N) is 1. The predicted molar refractivity (Wildman–Crippen MR) is 84.5 cm³/mol. The smallest absolute Gasteiger partial charge is 0.362 e. The van der Waals surface area contributed by atoms with Gasteiger partial charge in [-0.05, 0) is 32.2 Å². The van der Waals surface area contributed by atoms with E-state index in [0.29, 0.717) is 30.4 Å². The van der Waals surface area contributed by atoms with Gasteiger partial charge < -0.3 is 9.64 Å². The Balaban J connectivity index is 1.87. The molecule has 1 aliphatic heterocycles. The quantitative estimate of drug-likeness (QED) is 0.778. The molecule has 0 aromatic carbocycles. The monoisotopic (exact) mass is 347 g/mol. The molecule has 0 atom stereocenters. The van der Waals surface area contributed by atoms with Gasteiger partial charge in [0.05, 0.1) is 26.2 Å². The number of ether oxygens (including phenoxy) is 1. The summed E-state index contributed by atoms with van der Waals surface area (Å²) in [5.41, 5.74) is -0.485. The van der Waals surface area contributed by atoms with Gasteiger partial charge in [-0.15, -0.1) is 11.3 Å². The number of hydrogen-bond acceptors (Lipinski definition) is 5. The van der Waals surface area contributed by atoms with E-state index in [4.69, 9.17) is 4.74 Å². The van der Waals surface area contributed by atoms with Crippen molar-refractivity contribution in [1.29, 1.82) is 0 Å². The zero-order chi connectivity index (χ0) is 16.4. The molecular weight excluding hydrogens is 324 g/mol. The molecule has 8 heteroatoms. The van der Waals surface area contributed by atoms with E-state index >= 15 is 0 Å². The highest BCUT2D eigenvalue weighted by Crippen LogP contribution is 2.20. The second kappa shape index (κ2) is 6.66. The van der Waals surface area contributed by atoms with Gasteiger partial charge in [0, 0.05) is 0 Å². The van der Waals surface area contributed by atoms with Crippen LogP contribution >= 0.6 is 11.3 Å². The minimum absolute atomic E-state index is 0.239. The number of rotatable bonds is 4. The normalized spacial score (nSPS) is 18.3. The van der Waals surface area contributed by atoms with Crippen LogP contribution in [0.3, 0.4) is 0 Å². The fourth-order valence-electron chi connectivity index (χ4n) is 2.34. The van der Waals surface area contributed by atoms with Crippen LogP contribution in [0.25, 0.3) is 0 Å². The zero-order valence-electron chi connectivity index (χ0n) is 13.2. The molecular formula is C14H23N2O4S2+. The van der Waals surface area contributed by atoms with Crippen LogP contribution in [0, 0.1) is 0 Å². The van der Waals surface area contributed by atoms with Gasteiger partial charge in [-0.3, -0.25) is 0 Å². The second-order valence-electron chi connectivity index (χ2n) is 6.35. The third kappa shape index (κ3) is 4.52. The maximum absolute atomic E-state index is 12.4. The Bertz CT molecular complexity index is 597. The number of esters is 1. The summed E-state index contributed by atoms with van der Waals surface area (Å²) in [4.78, 5) is 12.9. The maximum atomic E-state index is 12.4. The van der Waals surface area contributed by atoms with Crippen LogP contribution < -0.4 is 4.90 Å². The van der Waals surface area contributed by atoms with Crippen molar-refractivity contribution in [2.24, 2.45) is 0 Å². The first-order chi connectivity index (χ1) is 10.2. The van der Waals surface area contributed by atoms with E-state index in [9.17, 15) is 13.2 Å². The Morgan fingerprint density at radius 3 is 2.50 bits per heavy atom. The summed E-state index contributed by atoms with van der Waals surface area (Å²) in [5.74, 6) is -0.239. The molecule has 1 aromatic heterocycles.